The number of H-pyrrole nitrogens is 1. The summed E-state index contributed by atoms with van der Waals surface area (Å²) in [6.07, 6.45) is 10.1. The third-order valence-corrected chi connectivity index (χ3v) is 4.34. The van der Waals surface area contributed by atoms with E-state index < -0.39 is 25.8 Å². The number of unbranched alkanes of at least 4 members (excludes halogenated alkanes) is 1. The number of hydrogen-bond donors (Lipinski definition) is 1. The Hall–Kier alpha value is -1.82. The topological polar surface area (TPSA) is 96.8 Å². The Labute approximate surface area is 133 Å². The number of halogens is 2. The molecule has 1 N–H and O–H groups in total. The standard InChI is InChI=1S/C8H15N2.C3H2F2N2O4S2/c1-3-4-5-10-7-6-9(2)8-10;4-12(8,9)3-6-1-2-7(3)13(5,10)11/h6-8H,3-5H2,1-2H3;1-2H/q+1;/p+1. The molecular formula is C11H18F2N4O4S2+2. The van der Waals surface area contributed by atoms with Gasteiger partial charge in [0, 0.05) is 0 Å². The van der Waals surface area contributed by atoms with Gasteiger partial charge < -0.3 is 0 Å². The summed E-state index contributed by atoms with van der Waals surface area (Å²) in [6, 6.07) is 0. The Morgan fingerprint density at radius 1 is 1.22 bits per heavy atom. The van der Waals surface area contributed by atoms with E-state index in [9.17, 15) is 24.6 Å². The molecule has 0 aliphatic heterocycles. The lowest BCUT2D eigenvalue weighted by Gasteiger charge is -1.90. The van der Waals surface area contributed by atoms with Crippen molar-refractivity contribution in [3.63, 3.8) is 0 Å². The van der Waals surface area contributed by atoms with Gasteiger partial charge in [-0.1, -0.05) is 25.1 Å². The van der Waals surface area contributed by atoms with Crippen molar-refractivity contribution in [1.29, 1.82) is 0 Å². The second-order valence-corrected chi connectivity index (χ2v) is 7.09. The second kappa shape index (κ2) is 7.64. The van der Waals surface area contributed by atoms with Crippen LogP contribution < -0.4 is 8.54 Å². The van der Waals surface area contributed by atoms with Gasteiger partial charge in [-0.25, -0.2) is 14.1 Å². The van der Waals surface area contributed by atoms with Crippen molar-refractivity contribution in [1.82, 2.24) is 9.55 Å². The fraction of sp³-hybridized carbons (Fsp3) is 0.455. The fourth-order valence-electron chi connectivity index (χ4n) is 1.63. The van der Waals surface area contributed by atoms with Gasteiger partial charge in [-0.2, -0.15) is 16.8 Å². The first-order chi connectivity index (χ1) is 10.6. The van der Waals surface area contributed by atoms with Crippen LogP contribution in [0.1, 0.15) is 19.8 Å². The van der Waals surface area contributed by atoms with E-state index in [1.165, 1.54) is 12.8 Å². The Balaban J connectivity index is 0.000000238. The summed E-state index contributed by atoms with van der Waals surface area (Å²) in [5.74, 6) is 0. The van der Waals surface area contributed by atoms with Gasteiger partial charge >= 0.3 is 25.8 Å². The first kappa shape index (κ1) is 19.2. The van der Waals surface area contributed by atoms with E-state index in [0.717, 1.165) is 12.7 Å². The van der Waals surface area contributed by atoms with Crippen molar-refractivity contribution >= 4 is 20.6 Å². The van der Waals surface area contributed by atoms with Crippen molar-refractivity contribution in [2.75, 3.05) is 0 Å². The molecule has 0 aliphatic rings. The molecule has 0 atom stereocenters. The molecule has 0 aliphatic carbocycles. The molecule has 0 saturated heterocycles. The summed E-state index contributed by atoms with van der Waals surface area (Å²) in [4.78, 5) is 1.73. The SMILES string of the molecule is CCCCn1cc[n+](C)c1.O=S(=O)(F)c1[nH]cc[n+]1S(=O)(=O)F. The molecule has 0 aromatic carbocycles. The summed E-state index contributed by atoms with van der Waals surface area (Å²) in [5.41, 5.74) is 0. The minimum atomic E-state index is -5.31. The monoisotopic (exact) mass is 372 g/mol. The van der Waals surface area contributed by atoms with Gasteiger partial charge in [0.1, 0.15) is 18.6 Å². The van der Waals surface area contributed by atoms with Crippen LogP contribution in [0.25, 0.3) is 0 Å². The van der Waals surface area contributed by atoms with E-state index in [1.54, 1.807) is 4.98 Å². The van der Waals surface area contributed by atoms with Crippen molar-refractivity contribution in [2.24, 2.45) is 7.05 Å². The zero-order valence-corrected chi connectivity index (χ0v) is 14.2. The molecule has 0 radical (unpaired) electrons. The van der Waals surface area contributed by atoms with Crippen LogP contribution in [0.15, 0.2) is 36.3 Å². The van der Waals surface area contributed by atoms with Crippen LogP contribution in [-0.2, 0) is 34.2 Å². The zero-order chi connectivity index (χ0) is 17.7. The summed E-state index contributed by atoms with van der Waals surface area (Å²) in [5, 5.41) is -1.38. The van der Waals surface area contributed by atoms with Crippen molar-refractivity contribution in [2.45, 2.75) is 31.5 Å². The Morgan fingerprint density at radius 2 is 1.87 bits per heavy atom. The van der Waals surface area contributed by atoms with Crippen LogP contribution in [0.2, 0.25) is 0 Å². The molecule has 23 heavy (non-hydrogen) atoms. The van der Waals surface area contributed by atoms with Crippen molar-refractivity contribution < 1.29 is 33.1 Å². The van der Waals surface area contributed by atoms with E-state index in [-0.39, 0.29) is 3.97 Å². The predicted octanol–water partition coefficient (Wildman–Crippen LogP) is 0.136. The highest BCUT2D eigenvalue weighted by atomic mass is 32.3. The van der Waals surface area contributed by atoms with Crippen LogP contribution in [0.3, 0.4) is 0 Å². The van der Waals surface area contributed by atoms with Gasteiger partial charge in [-0.3, -0.25) is 0 Å². The highest BCUT2D eigenvalue weighted by molar-refractivity contribution is 7.86. The van der Waals surface area contributed by atoms with Gasteiger partial charge in [0.15, 0.2) is 6.20 Å². The summed E-state index contributed by atoms with van der Waals surface area (Å²) in [6.45, 7) is 3.36. The minimum Gasteiger partial charge on any atom is -0.240 e. The normalized spacial score (nSPS) is 11.8. The number of nitrogens with zero attached hydrogens (tertiary/aromatic N) is 3. The zero-order valence-electron chi connectivity index (χ0n) is 12.6. The van der Waals surface area contributed by atoms with Crippen LogP contribution in [-0.4, -0.2) is 26.4 Å². The molecular weight excluding hydrogens is 354 g/mol. The molecule has 0 fully saturated rings. The summed E-state index contributed by atoms with van der Waals surface area (Å²) in [7, 11) is -8.55. The molecule has 0 spiro atoms. The molecule has 0 unspecified atom stereocenters. The summed E-state index contributed by atoms with van der Waals surface area (Å²) < 4.78 is 69.2. The molecule has 2 rings (SSSR count). The van der Waals surface area contributed by atoms with Gasteiger partial charge in [0.2, 0.25) is 6.33 Å². The van der Waals surface area contributed by atoms with E-state index in [2.05, 4.69) is 34.8 Å². The van der Waals surface area contributed by atoms with Crippen LogP contribution in [0, 0.1) is 0 Å². The Morgan fingerprint density at radius 3 is 2.26 bits per heavy atom. The maximum absolute atomic E-state index is 12.2. The number of nitrogens with one attached hydrogen (secondary N) is 1. The maximum Gasteiger partial charge on any atom is 0.481 e. The smallest absolute Gasteiger partial charge is 0.240 e. The highest BCUT2D eigenvalue weighted by Gasteiger charge is 2.34. The molecule has 0 saturated carbocycles. The van der Waals surface area contributed by atoms with Gasteiger partial charge in [0.05, 0.1) is 13.6 Å². The van der Waals surface area contributed by atoms with E-state index in [0.29, 0.717) is 6.20 Å². The van der Waals surface area contributed by atoms with Gasteiger partial charge in [-0.05, 0) is 6.42 Å². The molecule has 130 valence electrons. The van der Waals surface area contributed by atoms with Gasteiger partial charge in [0.25, 0.3) is 0 Å². The first-order valence-electron chi connectivity index (χ1n) is 6.55. The Bertz CT molecular complexity index is 797. The lowest BCUT2D eigenvalue weighted by atomic mass is 10.3. The average Bonchev–Trinajstić information content (AvgIpc) is 3.04. The number of hydrogen-bond acceptors (Lipinski definition) is 4. The number of aryl methyl sites for hydroxylation is 2. The molecule has 0 amide bonds. The van der Waals surface area contributed by atoms with E-state index in [4.69, 9.17) is 0 Å². The summed E-state index contributed by atoms with van der Waals surface area (Å²) >= 11 is 0. The highest BCUT2D eigenvalue weighted by Crippen LogP contribution is 2.04. The first-order valence-corrected chi connectivity index (χ1v) is 9.28. The third kappa shape index (κ3) is 6.06. The number of rotatable bonds is 5. The molecule has 12 heteroatoms. The predicted molar refractivity (Wildman–Crippen MR) is 75.2 cm³/mol. The van der Waals surface area contributed by atoms with Crippen molar-refractivity contribution in [3.8, 4) is 0 Å². The molecule has 2 heterocycles. The quantitative estimate of drug-likeness (QED) is 0.596. The van der Waals surface area contributed by atoms with E-state index in [1.807, 2.05) is 7.05 Å². The lowest BCUT2D eigenvalue weighted by molar-refractivity contribution is -0.671. The Kier molecular flexibility index (Phi) is 6.38. The van der Waals surface area contributed by atoms with Gasteiger partial charge in [-0.15, -0.1) is 0 Å². The second-order valence-electron chi connectivity index (χ2n) is 4.61. The molecule has 2 aromatic heterocycles. The maximum atomic E-state index is 12.2. The lowest BCUT2D eigenvalue weighted by Crippen LogP contribution is -2.42. The molecule has 8 nitrogen and oxygen atoms in total. The number of aromatic amines is 1. The number of imidazole rings is 2. The number of aromatic nitrogens is 4. The third-order valence-electron chi connectivity index (χ3n) is 2.68. The molecule has 0 bridgehead atoms. The van der Waals surface area contributed by atoms with E-state index >= 15 is 0 Å². The van der Waals surface area contributed by atoms with Crippen LogP contribution >= 0.6 is 0 Å². The van der Waals surface area contributed by atoms with Crippen LogP contribution in [0.5, 0.6) is 0 Å². The van der Waals surface area contributed by atoms with Crippen LogP contribution in [0.4, 0.5) is 7.77 Å². The minimum absolute atomic E-state index is 0.359. The average molecular weight is 372 g/mol. The fourth-order valence-corrected chi connectivity index (χ4v) is 3.11. The van der Waals surface area contributed by atoms with Crippen molar-refractivity contribution in [3.05, 3.63) is 31.1 Å². The largest absolute Gasteiger partial charge is 0.481 e. The molecule has 2 aromatic rings.